The second-order valence-corrected chi connectivity index (χ2v) is 9.55. The third-order valence-corrected chi connectivity index (χ3v) is 7.33. The molecule has 0 bridgehead atoms. The van der Waals surface area contributed by atoms with E-state index in [4.69, 9.17) is 9.15 Å². The van der Waals surface area contributed by atoms with Crippen LogP contribution in [0.15, 0.2) is 59.2 Å². The Kier molecular flexibility index (Phi) is 6.86. The molecule has 0 spiro atoms. The zero-order valence-corrected chi connectivity index (χ0v) is 19.9. The predicted octanol–water partition coefficient (Wildman–Crippen LogP) is 5.09. The van der Waals surface area contributed by atoms with Crippen molar-refractivity contribution in [2.45, 2.75) is 38.3 Å². The van der Waals surface area contributed by atoms with E-state index >= 15 is 0 Å². The maximum Gasteiger partial charge on any atom is 0.289 e. The van der Waals surface area contributed by atoms with Gasteiger partial charge in [-0.15, -0.1) is 0 Å². The van der Waals surface area contributed by atoms with Gasteiger partial charge in [-0.2, -0.15) is 0 Å². The van der Waals surface area contributed by atoms with Gasteiger partial charge in [0.1, 0.15) is 17.4 Å². The Morgan fingerprint density at radius 1 is 1.14 bits per heavy atom. The summed E-state index contributed by atoms with van der Waals surface area (Å²) >= 11 is 0. The molecule has 3 heterocycles. The number of piperidine rings is 1. The fraction of sp³-hybridized carbons (Fsp3) is 0.393. The summed E-state index contributed by atoms with van der Waals surface area (Å²) in [6.07, 6.45) is 4.53. The molecular formula is C28H30F2N2O3. The van der Waals surface area contributed by atoms with Gasteiger partial charge in [-0.25, -0.2) is 8.78 Å². The molecule has 0 aliphatic carbocycles. The largest absolute Gasteiger partial charge is 0.493 e. The van der Waals surface area contributed by atoms with Crippen LogP contribution >= 0.6 is 0 Å². The van der Waals surface area contributed by atoms with Crippen molar-refractivity contribution >= 4 is 5.91 Å². The molecule has 35 heavy (non-hydrogen) atoms. The first-order valence-electron chi connectivity index (χ1n) is 12.2. The number of nitrogens with zero attached hydrogens (tertiary/aromatic N) is 2. The molecule has 1 amide bonds. The lowest BCUT2D eigenvalue weighted by Crippen LogP contribution is -2.47. The van der Waals surface area contributed by atoms with Crippen LogP contribution in [0.25, 0.3) is 0 Å². The van der Waals surface area contributed by atoms with Gasteiger partial charge in [0.25, 0.3) is 5.91 Å². The van der Waals surface area contributed by atoms with Gasteiger partial charge in [-0.05, 0) is 79.2 Å². The van der Waals surface area contributed by atoms with Crippen molar-refractivity contribution in [2.75, 3.05) is 26.7 Å². The van der Waals surface area contributed by atoms with Crippen molar-refractivity contribution in [3.63, 3.8) is 0 Å². The molecule has 7 heteroatoms. The molecule has 2 aliphatic rings. The Bertz CT molecular complexity index is 1170. The van der Waals surface area contributed by atoms with Crippen LogP contribution in [0.4, 0.5) is 8.78 Å². The maximum atomic E-state index is 14.5. The van der Waals surface area contributed by atoms with Gasteiger partial charge in [0, 0.05) is 32.1 Å². The molecule has 184 valence electrons. The number of benzene rings is 2. The second kappa shape index (κ2) is 10.2. The monoisotopic (exact) mass is 480 g/mol. The van der Waals surface area contributed by atoms with Crippen LogP contribution in [0.1, 0.15) is 40.1 Å². The lowest BCUT2D eigenvalue weighted by atomic mass is 9.84. The predicted molar refractivity (Wildman–Crippen MR) is 128 cm³/mol. The molecule has 2 aliphatic heterocycles. The molecule has 1 saturated heterocycles. The van der Waals surface area contributed by atoms with Crippen LogP contribution in [-0.4, -0.2) is 48.5 Å². The summed E-state index contributed by atoms with van der Waals surface area (Å²) in [4.78, 5) is 17.2. The molecule has 2 aromatic carbocycles. The molecule has 5 nitrogen and oxygen atoms in total. The molecule has 0 N–H and O–H groups in total. The number of furan rings is 1. The zero-order chi connectivity index (χ0) is 24.4. The Hall–Kier alpha value is -3.19. The van der Waals surface area contributed by atoms with E-state index in [9.17, 15) is 13.6 Å². The Morgan fingerprint density at radius 2 is 1.97 bits per heavy atom. The van der Waals surface area contributed by atoms with Crippen LogP contribution in [0.2, 0.25) is 0 Å². The number of likely N-dealkylation sites (N-methyl/N-ethyl adjacent to an activating group) is 1. The van der Waals surface area contributed by atoms with Crippen LogP contribution in [0, 0.1) is 17.6 Å². The number of rotatable bonds is 7. The summed E-state index contributed by atoms with van der Waals surface area (Å²) in [7, 11) is 1.75. The minimum atomic E-state index is -0.603. The number of ether oxygens (including phenoxy) is 1. The molecule has 3 aromatic rings. The fourth-order valence-corrected chi connectivity index (χ4v) is 5.35. The first-order chi connectivity index (χ1) is 17.0. The lowest BCUT2D eigenvalue weighted by Gasteiger charge is -2.40. The summed E-state index contributed by atoms with van der Waals surface area (Å²) in [6.45, 7) is 3.41. The highest BCUT2D eigenvalue weighted by Crippen LogP contribution is 2.30. The number of likely N-dealkylation sites (tertiary alicyclic amines) is 1. The molecule has 1 aromatic heterocycles. The average Bonchev–Trinajstić information content (AvgIpc) is 3.56. The molecule has 1 fully saturated rings. The molecule has 0 saturated carbocycles. The van der Waals surface area contributed by atoms with Gasteiger partial charge in [-0.1, -0.05) is 18.2 Å². The minimum Gasteiger partial charge on any atom is -0.493 e. The van der Waals surface area contributed by atoms with E-state index in [1.165, 1.54) is 29.5 Å². The van der Waals surface area contributed by atoms with Gasteiger partial charge in [0.15, 0.2) is 5.76 Å². The molecule has 0 radical (unpaired) electrons. The Balaban J connectivity index is 1.28. The first kappa shape index (κ1) is 23.5. The number of carbonyl (C=O) groups excluding carboxylic acids is 1. The normalized spacial score (nSPS) is 17.1. The van der Waals surface area contributed by atoms with E-state index in [-0.39, 0.29) is 23.6 Å². The highest BCUT2D eigenvalue weighted by Gasteiger charge is 2.33. The molecule has 5 rings (SSSR count). The van der Waals surface area contributed by atoms with E-state index in [2.05, 4.69) is 23.1 Å². The summed E-state index contributed by atoms with van der Waals surface area (Å²) < 4.78 is 39.0. The van der Waals surface area contributed by atoms with Gasteiger partial charge < -0.3 is 14.1 Å². The number of amides is 1. The van der Waals surface area contributed by atoms with Crippen molar-refractivity contribution in [2.24, 2.45) is 5.92 Å². The number of carbonyl (C=O) groups is 1. The van der Waals surface area contributed by atoms with Crippen molar-refractivity contribution in [1.29, 1.82) is 0 Å². The SMILES string of the molecule is CN(C(=O)c1ccco1)[C@H](Cc1ccc(F)cc1F)C1CCN(Cc2ccc3c(c2)CCO3)CC1. The van der Waals surface area contributed by atoms with Crippen molar-refractivity contribution in [1.82, 2.24) is 9.80 Å². The van der Waals surface area contributed by atoms with Gasteiger partial charge in [-0.3, -0.25) is 9.69 Å². The Labute approximate surface area is 204 Å². The highest BCUT2D eigenvalue weighted by atomic mass is 19.1. The standard InChI is InChI=1S/C28H30F2N2O3/c1-31(28(33)27-3-2-13-34-27)25(16-21-5-6-23(29)17-24(21)30)20-8-11-32(12-9-20)18-19-4-7-26-22(15-19)10-14-35-26/h2-7,13,15,17,20,25H,8-12,14,16,18H2,1H3/t25-/m1/s1. The van der Waals surface area contributed by atoms with Gasteiger partial charge in [0.2, 0.25) is 0 Å². The van der Waals surface area contributed by atoms with E-state index in [0.717, 1.165) is 57.3 Å². The molecular weight excluding hydrogens is 450 g/mol. The van der Waals surface area contributed by atoms with Crippen LogP contribution < -0.4 is 4.74 Å². The van der Waals surface area contributed by atoms with E-state index in [1.807, 2.05) is 0 Å². The summed E-state index contributed by atoms with van der Waals surface area (Å²) in [5, 5.41) is 0. The van der Waals surface area contributed by atoms with Crippen LogP contribution in [0.3, 0.4) is 0 Å². The summed E-state index contributed by atoms with van der Waals surface area (Å²) in [5.41, 5.74) is 2.97. The van der Waals surface area contributed by atoms with E-state index in [1.54, 1.807) is 24.1 Å². The quantitative estimate of drug-likeness (QED) is 0.473. The van der Waals surface area contributed by atoms with E-state index in [0.29, 0.717) is 12.0 Å². The number of hydrogen-bond donors (Lipinski definition) is 0. The number of halogens is 2. The molecule has 1 atom stereocenters. The van der Waals surface area contributed by atoms with Gasteiger partial charge >= 0.3 is 0 Å². The second-order valence-electron chi connectivity index (χ2n) is 9.55. The van der Waals surface area contributed by atoms with Crippen molar-refractivity contribution < 1.29 is 22.7 Å². The van der Waals surface area contributed by atoms with Gasteiger partial charge in [0.05, 0.1) is 12.9 Å². The fourth-order valence-electron chi connectivity index (χ4n) is 5.35. The third-order valence-electron chi connectivity index (χ3n) is 7.33. The number of hydrogen-bond acceptors (Lipinski definition) is 4. The van der Waals surface area contributed by atoms with Crippen molar-refractivity contribution in [3.8, 4) is 5.75 Å². The Morgan fingerprint density at radius 3 is 2.71 bits per heavy atom. The smallest absolute Gasteiger partial charge is 0.289 e. The van der Waals surface area contributed by atoms with Crippen LogP contribution in [0.5, 0.6) is 5.75 Å². The summed E-state index contributed by atoms with van der Waals surface area (Å²) in [5.74, 6) is 0.0298. The number of fused-ring (bicyclic) bond motifs is 1. The minimum absolute atomic E-state index is 0.188. The average molecular weight is 481 g/mol. The topological polar surface area (TPSA) is 45.9 Å². The lowest BCUT2D eigenvalue weighted by molar-refractivity contribution is 0.0554. The third kappa shape index (κ3) is 5.25. The van der Waals surface area contributed by atoms with E-state index < -0.39 is 11.6 Å². The molecule has 0 unspecified atom stereocenters. The maximum absolute atomic E-state index is 14.5. The zero-order valence-electron chi connectivity index (χ0n) is 19.9. The highest BCUT2D eigenvalue weighted by molar-refractivity contribution is 5.91. The summed E-state index contributed by atoms with van der Waals surface area (Å²) in [6, 6.07) is 13.2. The van der Waals surface area contributed by atoms with Crippen molar-refractivity contribution in [3.05, 3.63) is 88.9 Å². The first-order valence-corrected chi connectivity index (χ1v) is 12.2. The van der Waals surface area contributed by atoms with Crippen LogP contribution in [-0.2, 0) is 19.4 Å².